The highest BCUT2D eigenvalue weighted by Gasteiger charge is 2.13. The summed E-state index contributed by atoms with van der Waals surface area (Å²) in [5.41, 5.74) is 1.42. The lowest BCUT2D eigenvalue weighted by Gasteiger charge is -2.08. The summed E-state index contributed by atoms with van der Waals surface area (Å²) in [6.07, 6.45) is 1.42. The summed E-state index contributed by atoms with van der Waals surface area (Å²) >= 11 is 6.34. The second-order valence-electron chi connectivity index (χ2n) is 5.61. The summed E-state index contributed by atoms with van der Waals surface area (Å²) in [7, 11) is 0. The van der Waals surface area contributed by atoms with E-state index in [1.54, 1.807) is 48.5 Å². The standard InChI is InChI=1S/C20H12ClNO4/c21-16-11-13(22-19(23)18-6-3-9-25-18)7-8-14(16)15-10-12-4-1-2-5-17(12)26-20(15)24/h1-11H,(H,22,23). The molecule has 0 aliphatic rings. The third-order valence-electron chi connectivity index (χ3n) is 3.90. The molecule has 0 bridgehead atoms. The number of carbonyl (C=O) groups excluding carboxylic acids is 1. The van der Waals surface area contributed by atoms with Crippen LogP contribution in [0.5, 0.6) is 0 Å². The Bertz CT molecular complexity index is 1160. The number of para-hydroxylation sites is 1. The van der Waals surface area contributed by atoms with Crippen molar-refractivity contribution in [1.82, 2.24) is 0 Å². The minimum atomic E-state index is -0.474. The van der Waals surface area contributed by atoms with Crippen LogP contribution in [0.15, 0.2) is 80.6 Å². The summed E-state index contributed by atoms with van der Waals surface area (Å²) in [6, 6.07) is 17.1. The van der Waals surface area contributed by atoms with Crippen LogP contribution in [0, 0.1) is 0 Å². The van der Waals surface area contributed by atoms with E-state index in [4.69, 9.17) is 20.4 Å². The molecule has 0 saturated carbocycles. The molecule has 0 fully saturated rings. The van der Waals surface area contributed by atoms with Crippen molar-refractivity contribution in [3.8, 4) is 11.1 Å². The molecule has 2 heterocycles. The van der Waals surface area contributed by atoms with Gasteiger partial charge in [0.25, 0.3) is 5.91 Å². The lowest BCUT2D eigenvalue weighted by molar-refractivity contribution is 0.0996. The Kier molecular flexibility index (Phi) is 4.07. The normalized spacial score (nSPS) is 10.8. The molecular formula is C20H12ClNO4. The lowest BCUT2D eigenvalue weighted by atomic mass is 10.1. The van der Waals surface area contributed by atoms with Crippen molar-refractivity contribution in [2.45, 2.75) is 0 Å². The average Bonchev–Trinajstić information content (AvgIpc) is 3.16. The number of hydrogen-bond acceptors (Lipinski definition) is 4. The van der Waals surface area contributed by atoms with Gasteiger partial charge in [0.05, 0.1) is 16.8 Å². The molecule has 2 aromatic carbocycles. The molecule has 0 spiro atoms. The van der Waals surface area contributed by atoms with Crippen LogP contribution in [-0.2, 0) is 0 Å². The van der Waals surface area contributed by atoms with Crippen LogP contribution in [0.3, 0.4) is 0 Å². The molecule has 1 amide bonds. The summed E-state index contributed by atoms with van der Waals surface area (Å²) < 4.78 is 10.4. The first kappa shape index (κ1) is 16.2. The van der Waals surface area contributed by atoms with E-state index in [-0.39, 0.29) is 11.7 Å². The van der Waals surface area contributed by atoms with Crippen molar-refractivity contribution in [2.75, 3.05) is 5.32 Å². The zero-order valence-electron chi connectivity index (χ0n) is 13.4. The fraction of sp³-hybridized carbons (Fsp3) is 0. The highest BCUT2D eigenvalue weighted by Crippen LogP contribution is 2.30. The number of anilines is 1. The molecule has 0 unspecified atom stereocenters. The van der Waals surface area contributed by atoms with E-state index in [2.05, 4.69) is 5.32 Å². The van der Waals surface area contributed by atoms with Crippen LogP contribution in [0.25, 0.3) is 22.1 Å². The molecule has 4 rings (SSSR count). The highest BCUT2D eigenvalue weighted by molar-refractivity contribution is 6.33. The molecule has 6 heteroatoms. The molecule has 0 aliphatic carbocycles. The molecule has 0 saturated heterocycles. The molecule has 0 atom stereocenters. The topological polar surface area (TPSA) is 72.5 Å². The van der Waals surface area contributed by atoms with Gasteiger partial charge >= 0.3 is 5.63 Å². The van der Waals surface area contributed by atoms with Gasteiger partial charge in [-0.05, 0) is 36.4 Å². The Morgan fingerprint density at radius 3 is 2.58 bits per heavy atom. The minimum absolute atomic E-state index is 0.195. The van der Waals surface area contributed by atoms with Gasteiger partial charge in [-0.2, -0.15) is 0 Å². The molecular weight excluding hydrogens is 354 g/mol. The first-order valence-electron chi connectivity index (χ1n) is 7.79. The van der Waals surface area contributed by atoms with Gasteiger partial charge in [-0.3, -0.25) is 4.79 Å². The van der Waals surface area contributed by atoms with Crippen LogP contribution >= 0.6 is 11.6 Å². The number of amides is 1. The van der Waals surface area contributed by atoms with E-state index in [1.807, 2.05) is 12.1 Å². The van der Waals surface area contributed by atoms with Crippen LogP contribution < -0.4 is 10.9 Å². The summed E-state index contributed by atoms with van der Waals surface area (Å²) in [6.45, 7) is 0. The van der Waals surface area contributed by atoms with E-state index < -0.39 is 5.63 Å². The van der Waals surface area contributed by atoms with E-state index in [0.717, 1.165) is 5.39 Å². The van der Waals surface area contributed by atoms with E-state index >= 15 is 0 Å². The van der Waals surface area contributed by atoms with Crippen LogP contribution in [0.2, 0.25) is 5.02 Å². The minimum Gasteiger partial charge on any atom is -0.459 e. The van der Waals surface area contributed by atoms with Gasteiger partial charge in [0, 0.05) is 16.6 Å². The molecule has 5 nitrogen and oxygen atoms in total. The number of furan rings is 1. The lowest BCUT2D eigenvalue weighted by Crippen LogP contribution is -2.11. The Labute approximate surface area is 152 Å². The maximum atomic E-state index is 12.3. The Balaban J connectivity index is 1.69. The van der Waals surface area contributed by atoms with E-state index in [1.165, 1.54) is 6.26 Å². The van der Waals surface area contributed by atoms with Crippen molar-refractivity contribution >= 4 is 34.2 Å². The number of carbonyl (C=O) groups is 1. The molecule has 2 aromatic heterocycles. The molecule has 128 valence electrons. The van der Waals surface area contributed by atoms with Gasteiger partial charge in [0.2, 0.25) is 0 Å². The van der Waals surface area contributed by atoms with Crippen molar-refractivity contribution in [2.24, 2.45) is 0 Å². The van der Waals surface area contributed by atoms with Crippen molar-refractivity contribution < 1.29 is 13.6 Å². The predicted molar refractivity (Wildman–Crippen MR) is 99.6 cm³/mol. The number of benzene rings is 2. The number of rotatable bonds is 3. The number of nitrogens with one attached hydrogen (secondary N) is 1. The van der Waals surface area contributed by atoms with Crippen molar-refractivity contribution in [3.05, 3.63) is 88.1 Å². The van der Waals surface area contributed by atoms with Crippen LogP contribution in [0.4, 0.5) is 5.69 Å². The third kappa shape index (κ3) is 3.00. The monoisotopic (exact) mass is 365 g/mol. The Hall–Kier alpha value is -3.31. The quantitative estimate of drug-likeness (QED) is 0.521. The van der Waals surface area contributed by atoms with Gasteiger partial charge in [0.15, 0.2) is 5.76 Å². The van der Waals surface area contributed by atoms with E-state index in [0.29, 0.717) is 27.4 Å². The smallest absolute Gasteiger partial charge is 0.344 e. The fourth-order valence-electron chi connectivity index (χ4n) is 2.66. The van der Waals surface area contributed by atoms with Crippen LogP contribution in [-0.4, -0.2) is 5.91 Å². The maximum absolute atomic E-state index is 12.3. The predicted octanol–water partition coefficient (Wildman–Crippen LogP) is 4.96. The molecule has 26 heavy (non-hydrogen) atoms. The average molecular weight is 366 g/mol. The fourth-order valence-corrected chi connectivity index (χ4v) is 2.94. The van der Waals surface area contributed by atoms with Crippen molar-refractivity contribution in [3.63, 3.8) is 0 Å². The SMILES string of the molecule is O=C(Nc1ccc(-c2cc3ccccc3oc2=O)c(Cl)c1)c1ccco1. The first-order chi connectivity index (χ1) is 12.6. The summed E-state index contributed by atoms with van der Waals surface area (Å²) in [5.74, 6) is -0.190. The first-order valence-corrected chi connectivity index (χ1v) is 8.17. The number of hydrogen-bond donors (Lipinski definition) is 1. The summed E-state index contributed by atoms with van der Waals surface area (Å²) in [5, 5.41) is 3.81. The highest BCUT2D eigenvalue weighted by atomic mass is 35.5. The molecule has 4 aromatic rings. The largest absolute Gasteiger partial charge is 0.459 e. The number of halogens is 1. The maximum Gasteiger partial charge on any atom is 0.344 e. The zero-order chi connectivity index (χ0) is 18.1. The Morgan fingerprint density at radius 1 is 0.962 bits per heavy atom. The van der Waals surface area contributed by atoms with Gasteiger partial charge in [-0.1, -0.05) is 35.9 Å². The van der Waals surface area contributed by atoms with Gasteiger partial charge < -0.3 is 14.2 Å². The Morgan fingerprint density at radius 2 is 1.81 bits per heavy atom. The molecule has 0 radical (unpaired) electrons. The third-order valence-corrected chi connectivity index (χ3v) is 4.22. The molecule has 0 aliphatic heterocycles. The van der Waals surface area contributed by atoms with E-state index in [9.17, 15) is 9.59 Å². The second kappa shape index (κ2) is 6.54. The van der Waals surface area contributed by atoms with Gasteiger partial charge in [-0.15, -0.1) is 0 Å². The van der Waals surface area contributed by atoms with Gasteiger partial charge in [0.1, 0.15) is 5.58 Å². The molecule has 1 N–H and O–H groups in total. The summed E-state index contributed by atoms with van der Waals surface area (Å²) in [4.78, 5) is 24.3. The number of fused-ring (bicyclic) bond motifs is 1. The second-order valence-corrected chi connectivity index (χ2v) is 6.02. The van der Waals surface area contributed by atoms with Crippen molar-refractivity contribution in [1.29, 1.82) is 0 Å². The van der Waals surface area contributed by atoms with Gasteiger partial charge in [-0.25, -0.2) is 4.79 Å². The van der Waals surface area contributed by atoms with Crippen LogP contribution in [0.1, 0.15) is 10.6 Å². The zero-order valence-corrected chi connectivity index (χ0v) is 14.1.